The third kappa shape index (κ3) is 2.56. The second kappa shape index (κ2) is 6.00. The van der Waals surface area contributed by atoms with E-state index in [0.29, 0.717) is 11.9 Å². The molecule has 1 aromatic heterocycles. The maximum Gasteiger partial charge on any atom is 0.221 e. The molecule has 1 aliphatic heterocycles. The van der Waals surface area contributed by atoms with Crippen molar-refractivity contribution in [2.24, 2.45) is 0 Å². The molecule has 1 saturated heterocycles. The van der Waals surface area contributed by atoms with Crippen molar-refractivity contribution in [3.8, 4) is 5.88 Å². The zero-order chi connectivity index (χ0) is 13.0. The van der Waals surface area contributed by atoms with Gasteiger partial charge in [-0.2, -0.15) is 0 Å². The Morgan fingerprint density at radius 2 is 2.33 bits per heavy atom. The molecule has 5 heteroatoms. The molecule has 5 nitrogen and oxygen atoms in total. The summed E-state index contributed by atoms with van der Waals surface area (Å²) in [6.45, 7) is 7.29. The van der Waals surface area contributed by atoms with Gasteiger partial charge in [-0.25, -0.2) is 9.97 Å². The number of aromatic nitrogens is 2. The van der Waals surface area contributed by atoms with E-state index in [2.05, 4.69) is 27.1 Å². The van der Waals surface area contributed by atoms with E-state index in [1.54, 1.807) is 13.4 Å². The van der Waals surface area contributed by atoms with Crippen LogP contribution in [0.15, 0.2) is 6.33 Å². The Kier molecular flexibility index (Phi) is 4.36. The molecule has 0 bridgehead atoms. The largest absolute Gasteiger partial charge is 0.481 e. The fourth-order valence-electron chi connectivity index (χ4n) is 2.60. The van der Waals surface area contributed by atoms with Gasteiger partial charge in [0.1, 0.15) is 12.1 Å². The van der Waals surface area contributed by atoms with Crippen molar-refractivity contribution < 1.29 is 4.74 Å². The molecular formula is C13H22N4O. The van der Waals surface area contributed by atoms with Crippen molar-refractivity contribution in [2.45, 2.75) is 32.7 Å². The first-order valence-electron chi connectivity index (χ1n) is 6.60. The summed E-state index contributed by atoms with van der Waals surface area (Å²) in [5.41, 5.74) is 1.02. The minimum atomic E-state index is 0.516. The number of methoxy groups -OCH3 is 1. The third-order valence-electron chi connectivity index (χ3n) is 3.53. The summed E-state index contributed by atoms with van der Waals surface area (Å²) in [6, 6.07) is 0.516. The molecular weight excluding hydrogens is 228 g/mol. The highest BCUT2D eigenvalue weighted by Crippen LogP contribution is 2.26. The lowest BCUT2D eigenvalue weighted by Crippen LogP contribution is -2.46. The minimum absolute atomic E-state index is 0.516. The molecule has 0 amide bonds. The van der Waals surface area contributed by atoms with Crippen molar-refractivity contribution in [2.75, 3.05) is 31.6 Å². The molecule has 1 atom stereocenters. The first-order valence-corrected chi connectivity index (χ1v) is 6.60. The van der Waals surface area contributed by atoms with E-state index in [1.807, 2.05) is 6.92 Å². The molecule has 0 radical (unpaired) electrons. The van der Waals surface area contributed by atoms with Crippen LogP contribution in [0, 0.1) is 6.92 Å². The maximum atomic E-state index is 5.27. The number of ether oxygens (including phenoxy) is 1. The zero-order valence-corrected chi connectivity index (χ0v) is 11.4. The van der Waals surface area contributed by atoms with Gasteiger partial charge in [0.2, 0.25) is 5.88 Å². The van der Waals surface area contributed by atoms with Gasteiger partial charge < -0.3 is 15.0 Å². The molecule has 2 heterocycles. The topological polar surface area (TPSA) is 50.3 Å². The number of anilines is 1. The second-order valence-corrected chi connectivity index (χ2v) is 4.62. The molecule has 1 fully saturated rings. The van der Waals surface area contributed by atoms with E-state index < -0.39 is 0 Å². The van der Waals surface area contributed by atoms with Crippen LogP contribution in [-0.4, -0.2) is 42.8 Å². The van der Waals surface area contributed by atoms with Gasteiger partial charge in [0.15, 0.2) is 0 Å². The van der Waals surface area contributed by atoms with Gasteiger partial charge in [0.05, 0.1) is 12.7 Å². The number of hydrogen-bond donors (Lipinski definition) is 1. The Labute approximate surface area is 109 Å². The SMILES string of the molecule is CCN(c1ncnc(OC)c1C)C1CCCNC1. The van der Waals surface area contributed by atoms with E-state index in [4.69, 9.17) is 4.74 Å². The molecule has 1 aliphatic rings. The van der Waals surface area contributed by atoms with Crippen LogP contribution in [0.3, 0.4) is 0 Å². The predicted octanol–water partition coefficient (Wildman–Crippen LogP) is 1.37. The Balaban J connectivity index is 2.26. The number of nitrogens with zero attached hydrogens (tertiary/aromatic N) is 3. The summed E-state index contributed by atoms with van der Waals surface area (Å²) >= 11 is 0. The average Bonchev–Trinajstić information content (AvgIpc) is 2.43. The highest BCUT2D eigenvalue weighted by Gasteiger charge is 2.23. The molecule has 0 saturated carbocycles. The highest BCUT2D eigenvalue weighted by atomic mass is 16.5. The summed E-state index contributed by atoms with van der Waals surface area (Å²) in [5, 5.41) is 3.45. The highest BCUT2D eigenvalue weighted by molar-refractivity contribution is 5.51. The molecule has 1 N–H and O–H groups in total. The van der Waals surface area contributed by atoms with Crippen LogP contribution >= 0.6 is 0 Å². The molecule has 2 rings (SSSR count). The van der Waals surface area contributed by atoms with Gasteiger partial charge in [-0.15, -0.1) is 0 Å². The van der Waals surface area contributed by atoms with Crippen LogP contribution in [0.25, 0.3) is 0 Å². The van der Waals surface area contributed by atoms with E-state index in [0.717, 1.165) is 31.0 Å². The monoisotopic (exact) mass is 250 g/mol. The standard InChI is InChI=1S/C13H22N4O/c1-4-17(11-6-5-7-14-8-11)12-10(2)13(18-3)16-9-15-12/h9,11,14H,4-8H2,1-3H3. The smallest absolute Gasteiger partial charge is 0.221 e. The van der Waals surface area contributed by atoms with Crippen LogP contribution in [0.2, 0.25) is 0 Å². The predicted molar refractivity (Wildman–Crippen MR) is 72.2 cm³/mol. The first kappa shape index (κ1) is 13.1. The molecule has 1 unspecified atom stereocenters. The molecule has 18 heavy (non-hydrogen) atoms. The number of likely N-dealkylation sites (N-methyl/N-ethyl adjacent to an activating group) is 1. The van der Waals surface area contributed by atoms with Crippen LogP contribution in [-0.2, 0) is 0 Å². The van der Waals surface area contributed by atoms with Crippen LogP contribution in [0.5, 0.6) is 5.88 Å². The number of piperidine rings is 1. The van der Waals surface area contributed by atoms with E-state index in [1.165, 1.54) is 12.8 Å². The lowest BCUT2D eigenvalue weighted by atomic mass is 10.1. The molecule has 0 aliphatic carbocycles. The fraction of sp³-hybridized carbons (Fsp3) is 0.692. The summed E-state index contributed by atoms with van der Waals surface area (Å²) in [6.07, 6.45) is 4.02. The summed E-state index contributed by atoms with van der Waals surface area (Å²) in [7, 11) is 1.65. The Morgan fingerprint density at radius 3 is 2.94 bits per heavy atom. The van der Waals surface area contributed by atoms with Crippen LogP contribution in [0.4, 0.5) is 5.82 Å². The lowest BCUT2D eigenvalue weighted by Gasteiger charge is -2.35. The van der Waals surface area contributed by atoms with Crippen molar-refractivity contribution >= 4 is 5.82 Å². The van der Waals surface area contributed by atoms with E-state index in [9.17, 15) is 0 Å². The Morgan fingerprint density at radius 1 is 1.50 bits per heavy atom. The van der Waals surface area contributed by atoms with Gasteiger partial charge >= 0.3 is 0 Å². The van der Waals surface area contributed by atoms with Gasteiger partial charge in [0, 0.05) is 19.1 Å². The van der Waals surface area contributed by atoms with E-state index in [-0.39, 0.29) is 0 Å². The number of rotatable bonds is 4. The number of nitrogens with one attached hydrogen (secondary N) is 1. The van der Waals surface area contributed by atoms with E-state index >= 15 is 0 Å². The summed E-state index contributed by atoms with van der Waals surface area (Å²) in [4.78, 5) is 10.9. The normalized spacial score (nSPS) is 19.6. The van der Waals surface area contributed by atoms with Crippen molar-refractivity contribution in [3.63, 3.8) is 0 Å². The van der Waals surface area contributed by atoms with Gasteiger partial charge in [-0.3, -0.25) is 0 Å². The van der Waals surface area contributed by atoms with Gasteiger partial charge in [-0.05, 0) is 33.2 Å². The Hall–Kier alpha value is -1.36. The fourth-order valence-corrected chi connectivity index (χ4v) is 2.60. The van der Waals surface area contributed by atoms with Crippen molar-refractivity contribution in [3.05, 3.63) is 11.9 Å². The number of hydrogen-bond acceptors (Lipinski definition) is 5. The summed E-state index contributed by atoms with van der Waals surface area (Å²) < 4.78 is 5.27. The van der Waals surface area contributed by atoms with Gasteiger partial charge in [-0.1, -0.05) is 0 Å². The molecule has 1 aromatic rings. The van der Waals surface area contributed by atoms with Gasteiger partial charge in [0.25, 0.3) is 0 Å². The molecule has 0 spiro atoms. The van der Waals surface area contributed by atoms with Crippen LogP contribution in [0.1, 0.15) is 25.3 Å². The zero-order valence-electron chi connectivity index (χ0n) is 11.4. The Bertz CT molecular complexity index is 391. The molecule has 0 aromatic carbocycles. The average molecular weight is 250 g/mol. The lowest BCUT2D eigenvalue weighted by molar-refractivity contribution is 0.391. The second-order valence-electron chi connectivity index (χ2n) is 4.62. The first-order chi connectivity index (χ1) is 8.77. The quantitative estimate of drug-likeness (QED) is 0.874. The van der Waals surface area contributed by atoms with Crippen LogP contribution < -0.4 is 15.0 Å². The summed E-state index contributed by atoms with van der Waals surface area (Å²) in [5.74, 6) is 1.67. The maximum absolute atomic E-state index is 5.27. The van der Waals surface area contributed by atoms with Crippen molar-refractivity contribution in [1.29, 1.82) is 0 Å². The third-order valence-corrected chi connectivity index (χ3v) is 3.53. The van der Waals surface area contributed by atoms with Crippen molar-refractivity contribution in [1.82, 2.24) is 15.3 Å². The molecule has 100 valence electrons. The minimum Gasteiger partial charge on any atom is -0.481 e.